The molecule has 1 atom stereocenters. The second-order valence-electron chi connectivity index (χ2n) is 6.74. The Bertz CT molecular complexity index is 1070. The van der Waals surface area contributed by atoms with Gasteiger partial charge in [0.25, 0.3) is 0 Å². The number of benzene rings is 3. The van der Waals surface area contributed by atoms with Crippen molar-refractivity contribution in [3.8, 4) is 0 Å². The molecular weight excluding hydrogens is 342 g/mol. The Kier molecular flexibility index (Phi) is 4.39. The smallest absolute Gasteiger partial charge is 0.207 e. The first kappa shape index (κ1) is 17.0. The van der Waals surface area contributed by atoms with Gasteiger partial charge in [0.15, 0.2) is 0 Å². The van der Waals surface area contributed by atoms with Crippen LogP contribution in [0.5, 0.6) is 0 Å². The molecule has 0 bridgehead atoms. The highest BCUT2D eigenvalue weighted by atomic mass is 32.2. The number of nitrogens with zero attached hydrogens (tertiary/aromatic N) is 1. The van der Waals surface area contributed by atoms with Gasteiger partial charge in [0.2, 0.25) is 10.0 Å². The zero-order chi connectivity index (χ0) is 18.1. The largest absolute Gasteiger partial charge is 0.243 e. The van der Waals surface area contributed by atoms with E-state index in [-0.39, 0.29) is 6.04 Å². The van der Waals surface area contributed by atoms with Gasteiger partial charge in [-0.1, -0.05) is 72.3 Å². The summed E-state index contributed by atoms with van der Waals surface area (Å²) in [6.45, 7) is 2.56. The Balaban J connectivity index is 1.80. The first-order valence-corrected chi connectivity index (χ1v) is 10.2. The van der Waals surface area contributed by atoms with Crippen LogP contribution in [-0.2, 0) is 10.0 Å². The van der Waals surface area contributed by atoms with E-state index in [1.807, 2.05) is 60.7 Å². The molecule has 0 aromatic heterocycles. The minimum absolute atomic E-state index is 0.263. The van der Waals surface area contributed by atoms with Gasteiger partial charge < -0.3 is 0 Å². The van der Waals surface area contributed by atoms with E-state index in [2.05, 4.69) is 13.0 Å². The van der Waals surface area contributed by atoms with Gasteiger partial charge in [-0.2, -0.15) is 4.31 Å². The van der Waals surface area contributed by atoms with Crippen molar-refractivity contribution in [2.45, 2.75) is 24.3 Å². The standard InChI is InChI=1S/C22H21NO2S/c1-17-13-14-23(22(15-17)19-8-3-2-4-9-19)26(24,25)21-12-11-18-7-5-6-10-20(18)16-21/h2-12,15-16,22H,13-14H2,1H3/t22-/m1/s1. The molecule has 0 amide bonds. The zero-order valence-corrected chi connectivity index (χ0v) is 15.5. The molecule has 3 aromatic carbocycles. The molecule has 0 spiro atoms. The third kappa shape index (κ3) is 3.06. The number of hydrogen-bond donors (Lipinski definition) is 0. The first-order chi connectivity index (χ1) is 12.6. The van der Waals surface area contributed by atoms with Crippen molar-refractivity contribution in [2.75, 3.05) is 6.54 Å². The van der Waals surface area contributed by atoms with Gasteiger partial charge in [0.05, 0.1) is 10.9 Å². The SMILES string of the molecule is CC1=C[C@H](c2ccccc2)N(S(=O)(=O)c2ccc3ccccc3c2)CC1. The lowest BCUT2D eigenvalue weighted by atomic mass is 9.99. The van der Waals surface area contributed by atoms with Gasteiger partial charge in [-0.15, -0.1) is 0 Å². The molecule has 1 heterocycles. The van der Waals surface area contributed by atoms with E-state index in [4.69, 9.17) is 0 Å². The van der Waals surface area contributed by atoms with Gasteiger partial charge >= 0.3 is 0 Å². The average molecular weight is 363 g/mol. The van der Waals surface area contributed by atoms with Crippen molar-refractivity contribution >= 4 is 20.8 Å². The first-order valence-electron chi connectivity index (χ1n) is 8.78. The van der Waals surface area contributed by atoms with E-state index in [9.17, 15) is 8.42 Å². The van der Waals surface area contributed by atoms with E-state index < -0.39 is 10.0 Å². The van der Waals surface area contributed by atoms with Crippen molar-refractivity contribution in [3.63, 3.8) is 0 Å². The number of sulfonamides is 1. The Morgan fingerprint density at radius 3 is 2.35 bits per heavy atom. The van der Waals surface area contributed by atoms with E-state index in [1.54, 1.807) is 16.4 Å². The number of hydrogen-bond acceptors (Lipinski definition) is 2. The van der Waals surface area contributed by atoms with Crippen LogP contribution in [0.25, 0.3) is 10.8 Å². The van der Waals surface area contributed by atoms with Crippen molar-refractivity contribution < 1.29 is 8.42 Å². The summed E-state index contributed by atoms with van der Waals surface area (Å²) in [6.07, 6.45) is 2.83. The van der Waals surface area contributed by atoms with Crippen LogP contribution in [0.15, 0.2) is 89.3 Å². The van der Waals surface area contributed by atoms with Crippen LogP contribution in [0.1, 0.15) is 24.9 Å². The minimum atomic E-state index is -3.59. The van der Waals surface area contributed by atoms with Crippen molar-refractivity contribution in [2.24, 2.45) is 0 Å². The average Bonchev–Trinajstić information content (AvgIpc) is 2.68. The van der Waals surface area contributed by atoms with Crippen LogP contribution in [0.2, 0.25) is 0 Å². The van der Waals surface area contributed by atoms with E-state index in [1.165, 1.54) is 5.57 Å². The maximum atomic E-state index is 13.4. The molecule has 26 heavy (non-hydrogen) atoms. The monoisotopic (exact) mass is 363 g/mol. The third-order valence-electron chi connectivity index (χ3n) is 4.95. The molecule has 0 saturated carbocycles. The van der Waals surface area contributed by atoms with E-state index >= 15 is 0 Å². The summed E-state index contributed by atoms with van der Waals surface area (Å²) in [5.74, 6) is 0. The Labute approximate surface area is 154 Å². The number of fused-ring (bicyclic) bond motifs is 1. The number of rotatable bonds is 3. The van der Waals surface area contributed by atoms with Gasteiger partial charge in [-0.25, -0.2) is 8.42 Å². The lowest BCUT2D eigenvalue weighted by Gasteiger charge is -2.33. The maximum absolute atomic E-state index is 13.4. The van der Waals surface area contributed by atoms with E-state index in [0.29, 0.717) is 11.4 Å². The van der Waals surface area contributed by atoms with Crippen LogP contribution in [0.3, 0.4) is 0 Å². The molecule has 0 saturated heterocycles. The Hall–Kier alpha value is -2.43. The summed E-state index contributed by atoms with van der Waals surface area (Å²) >= 11 is 0. The predicted octanol–water partition coefficient (Wildman–Crippen LogP) is 4.92. The molecule has 0 fully saturated rings. The summed E-state index contributed by atoms with van der Waals surface area (Å²) < 4.78 is 28.5. The molecule has 1 aliphatic heterocycles. The molecule has 132 valence electrons. The normalized spacial score (nSPS) is 18.7. The second-order valence-corrected chi connectivity index (χ2v) is 8.63. The quantitative estimate of drug-likeness (QED) is 0.619. The minimum Gasteiger partial charge on any atom is -0.207 e. The second kappa shape index (κ2) is 6.71. The molecule has 1 aliphatic rings. The maximum Gasteiger partial charge on any atom is 0.243 e. The van der Waals surface area contributed by atoms with Crippen LogP contribution >= 0.6 is 0 Å². The molecule has 0 unspecified atom stereocenters. The fourth-order valence-electron chi connectivity index (χ4n) is 3.51. The van der Waals surface area contributed by atoms with Gasteiger partial charge in [-0.05, 0) is 41.8 Å². The molecule has 3 nitrogen and oxygen atoms in total. The molecule has 0 radical (unpaired) electrons. The van der Waals surface area contributed by atoms with E-state index in [0.717, 1.165) is 22.8 Å². The summed E-state index contributed by atoms with van der Waals surface area (Å²) in [6, 6.07) is 22.8. The highest BCUT2D eigenvalue weighted by Gasteiger charge is 2.33. The fraction of sp³-hybridized carbons (Fsp3) is 0.182. The fourth-order valence-corrected chi connectivity index (χ4v) is 5.11. The molecule has 0 N–H and O–H groups in total. The molecule has 3 aromatic rings. The predicted molar refractivity (Wildman–Crippen MR) is 105 cm³/mol. The highest BCUT2D eigenvalue weighted by molar-refractivity contribution is 7.89. The van der Waals surface area contributed by atoms with Crippen LogP contribution in [-0.4, -0.2) is 19.3 Å². The Morgan fingerprint density at radius 2 is 1.58 bits per heavy atom. The van der Waals surface area contributed by atoms with Gasteiger partial charge in [0.1, 0.15) is 0 Å². The van der Waals surface area contributed by atoms with Crippen molar-refractivity contribution in [1.82, 2.24) is 4.31 Å². The van der Waals surface area contributed by atoms with Crippen molar-refractivity contribution in [3.05, 3.63) is 90.0 Å². The lowest BCUT2D eigenvalue weighted by molar-refractivity contribution is 0.354. The Morgan fingerprint density at radius 1 is 0.885 bits per heavy atom. The summed E-state index contributed by atoms with van der Waals surface area (Å²) in [5, 5.41) is 1.98. The summed E-state index contributed by atoms with van der Waals surface area (Å²) in [5.41, 5.74) is 2.22. The molecule has 0 aliphatic carbocycles. The van der Waals surface area contributed by atoms with Crippen LogP contribution in [0, 0.1) is 0 Å². The molecular formula is C22H21NO2S. The topological polar surface area (TPSA) is 37.4 Å². The summed E-state index contributed by atoms with van der Waals surface area (Å²) in [7, 11) is -3.59. The zero-order valence-electron chi connectivity index (χ0n) is 14.7. The molecule has 4 rings (SSSR count). The third-order valence-corrected chi connectivity index (χ3v) is 6.82. The lowest BCUT2D eigenvalue weighted by Crippen LogP contribution is -2.37. The van der Waals surface area contributed by atoms with Crippen LogP contribution in [0.4, 0.5) is 0 Å². The van der Waals surface area contributed by atoms with Crippen molar-refractivity contribution in [1.29, 1.82) is 0 Å². The molecule has 4 heteroatoms. The van der Waals surface area contributed by atoms with Gasteiger partial charge in [-0.3, -0.25) is 0 Å². The summed E-state index contributed by atoms with van der Waals surface area (Å²) in [4.78, 5) is 0.352. The highest BCUT2D eigenvalue weighted by Crippen LogP contribution is 2.34. The van der Waals surface area contributed by atoms with Gasteiger partial charge in [0, 0.05) is 6.54 Å². The van der Waals surface area contributed by atoms with Crippen LogP contribution < -0.4 is 0 Å².